The first kappa shape index (κ1) is 19.1. The lowest BCUT2D eigenvalue weighted by atomic mass is 10.2. The number of carbonyl (C=O) groups is 2. The molecule has 2 aliphatic heterocycles. The summed E-state index contributed by atoms with van der Waals surface area (Å²) in [5, 5.41) is -2.09. The van der Waals surface area contributed by atoms with Crippen LogP contribution in [0.3, 0.4) is 0 Å². The van der Waals surface area contributed by atoms with Crippen LogP contribution in [0.2, 0.25) is 0 Å². The molecule has 0 aromatic carbocycles. The largest absolute Gasteiger partial charge is 0.458 e. The quantitative estimate of drug-likeness (QED) is 0.334. The Labute approximate surface area is 139 Å². The van der Waals surface area contributed by atoms with Gasteiger partial charge in [0, 0.05) is 0 Å². The van der Waals surface area contributed by atoms with Crippen molar-refractivity contribution in [2.24, 2.45) is 5.92 Å². The Hall–Kier alpha value is -1.24. The molecule has 0 radical (unpaired) electrons. The van der Waals surface area contributed by atoms with Crippen LogP contribution in [0.15, 0.2) is 0 Å². The third-order valence-electron chi connectivity index (χ3n) is 3.99. The van der Waals surface area contributed by atoms with Crippen LogP contribution >= 0.6 is 0 Å². The van der Waals surface area contributed by atoms with Gasteiger partial charge in [0.15, 0.2) is 5.92 Å². The number of hydrogen-bond donors (Lipinski definition) is 0. The number of esters is 2. The van der Waals surface area contributed by atoms with Crippen molar-refractivity contribution >= 4 is 32.2 Å². The van der Waals surface area contributed by atoms with Gasteiger partial charge in [-0.1, -0.05) is 0 Å². The van der Waals surface area contributed by atoms with Crippen molar-refractivity contribution < 1.29 is 44.3 Å². The van der Waals surface area contributed by atoms with Gasteiger partial charge in [-0.05, 0) is 20.8 Å². The van der Waals surface area contributed by atoms with Gasteiger partial charge in [0.1, 0.15) is 35.9 Å². The first-order valence-electron chi connectivity index (χ1n) is 7.13. The summed E-state index contributed by atoms with van der Waals surface area (Å²) in [5.74, 6) is -3.31. The lowest BCUT2D eigenvalue weighted by molar-refractivity contribution is -0.167. The lowest BCUT2D eigenvalue weighted by Gasteiger charge is -2.18. The highest BCUT2D eigenvalue weighted by atomic mass is 32.2. The average Bonchev–Trinajstić information content (AvgIpc) is 2.90. The average molecular weight is 386 g/mol. The van der Waals surface area contributed by atoms with Crippen LogP contribution in [0, 0.1) is 5.92 Å². The molecule has 2 rings (SSSR count). The fraction of sp³-hybridized carbons (Fsp3) is 0.833. The molecule has 0 aliphatic carbocycles. The molecule has 0 aromatic rings. The first-order valence-corrected chi connectivity index (χ1v) is 10.1. The summed E-state index contributed by atoms with van der Waals surface area (Å²) in [6.45, 7) is 3.23. The number of ether oxygens (including phenoxy) is 2. The smallest absolute Gasteiger partial charge is 0.320 e. The van der Waals surface area contributed by atoms with Crippen LogP contribution < -0.4 is 0 Å². The molecule has 4 unspecified atom stereocenters. The molecule has 0 bridgehead atoms. The summed E-state index contributed by atoms with van der Waals surface area (Å²) in [6, 6.07) is 0. The van der Waals surface area contributed by atoms with Crippen molar-refractivity contribution in [2.45, 2.75) is 43.5 Å². The predicted molar refractivity (Wildman–Crippen MR) is 77.6 cm³/mol. The third kappa shape index (κ3) is 3.71. The maximum atomic E-state index is 12.0. The van der Waals surface area contributed by atoms with Crippen LogP contribution in [0.4, 0.5) is 0 Å². The molecule has 0 N–H and O–H groups in total. The Balaban J connectivity index is 1.93. The van der Waals surface area contributed by atoms with Crippen molar-refractivity contribution in [1.82, 2.24) is 0 Å². The van der Waals surface area contributed by atoms with Crippen molar-refractivity contribution in [3.05, 3.63) is 0 Å². The van der Waals surface area contributed by atoms with Gasteiger partial charge in [0.25, 0.3) is 20.2 Å². The summed E-state index contributed by atoms with van der Waals surface area (Å²) in [6.07, 6.45) is -2.04. The molecule has 10 nitrogen and oxygen atoms in total. The highest BCUT2D eigenvalue weighted by molar-refractivity contribution is 7.87. The van der Waals surface area contributed by atoms with Crippen LogP contribution in [-0.2, 0) is 47.7 Å². The highest BCUT2D eigenvalue weighted by Crippen LogP contribution is 2.24. The summed E-state index contributed by atoms with van der Waals surface area (Å²) in [4.78, 5) is 23.9. The van der Waals surface area contributed by atoms with Gasteiger partial charge in [-0.25, -0.2) is 0 Å². The van der Waals surface area contributed by atoms with Crippen molar-refractivity contribution in [3.63, 3.8) is 0 Å². The Kier molecular flexibility index (Phi) is 5.23. The standard InChI is InChI=1S/C12H18O10S2/c1-6(11(13)21-9-4-19-23(15,16)7(9)2)12(14)22-10-5-20-24(17,18)8(10)3/h6-10H,4-5H2,1-3H3. The van der Waals surface area contributed by atoms with E-state index in [1.807, 2.05) is 0 Å². The van der Waals surface area contributed by atoms with Crippen molar-refractivity contribution in [1.29, 1.82) is 0 Å². The second-order valence-electron chi connectivity index (χ2n) is 5.64. The van der Waals surface area contributed by atoms with E-state index in [0.717, 1.165) is 0 Å². The minimum Gasteiger partial charge on any atom is -0.458 e. The lowest BCUT2D eigenvalue weighted by Crippen LogP contribution is -2.37. The van der Waals surface area contributed by atoms with Gasteiger partial charge in [-0.3, -0.25) is 18.0 Å². The maximum Gasteiger partial charge on any atom is 0.320 e. The molecule has 0 aromatic heterocycles. The fourth-order valence-corrected chi connectivity index (χ4v) is 4.13. The van der Waals surface area contributed by atoms with E-state index >= 15 is 0 Å². The fourth-order valence-electron chi connectivity index (χ4n) is 2.04. The molecule has 0 amide bonds. The second kappa shape index (κ2) is 6.58. The van der Waals surface area contributed by atoms with Crippen LogP contribution in [0.5, 0.6) is 0 Å². The minimum absolute atomic E-state index is 0.317. The highest BCUT2D eigenvalue weighted by Gasteiger charge is 2.44. The first-order chi connectivity index (χ1) is 11.0. The van der Waals surface area contributed by atoms with Gasteiger partial charge < -0.3 is 9.47 Å². The van der Waals surface area contributed by atoms with E-state index in [0.29, 0.717) is 0 Å². The Morgan fingerprint density at radius 2 is 1.21 bits per heavy atom. The summed E-state index contributed by atoms with van der Waals surface area (Å²) < 4.78 is 64.7. The monoisotopic (exact) mass is 386 g/mol. The molecule has 0 saturated carbocycles. The molecule has 138 valence electrons. The molecule has 2 saturated heterocycles. The second-order valence-corrected chi connectivity index (χ2v) is 9.57. The van der Waals surface area contributed by atoms with Crippen LogP contribution in [-0.4, -0.2) is 64.7 Å². The normalized spacial score (nSPS) is 35.3. The van der Waals surface area contributed by atoms with Crippen LogP contribution in [0.1, 0.15) is 20.8 Å². The van der Waals surface area contributed by atoms with E-state index in [1.54, 1.807) is 0 Å². The van der Waals surface area contributed by atoms with E-state index < -0.39 is 60.8 Å². The number of hydrogen-bond acceptors (Lipinski definition) is 10. The molecule has 12 heteroatoms. The third-order valence-corrected chi connectivity index (χ3v) is 7.35. The van der Waals surface area contributed by atoms with E-state index in [4.69, 9.17) is 9.47 Å². The zero-order valence-corrected chi connectivity index (χ0v) is 14.8. The maximum absolute atomic E-state index is 12.0. The molecule has 4 atom stereocenters. The Morgan fingerprint density at radius 1 is 0.875 bits per heavy atom. The number of carbonyl (C=O) groups excluding carboxylic acids is 2. The SMILES string of the molecule is CC(C(=O)OC1COS(=O)(=O)C1C)C(=O)OC1COS(=O)(=O)C1C. The molecule has 0 spiro atoms. The topological polar surface area (TPSA) is 139 Å². The summed E-state index contributed by atoms with van der Waals surface area (Å²) in [7, 11) is -7.56. The van der Waals surface area contributed by atoms with Gasteiger partial charge in [-0.15, -0.1) is 0 Å². The molecule has 24 heavy (non-hydrogen) atoms. The van der Waals surface area contributed by atoms with E-state index in [-0.39, 0.29) is 13.2 Å². The van der Waals surface area contributed by atoms with E-state index in [9.17, 15) is 26.4 Å². The number of rotatable bonds is 4. The molecule has 2 heterocycles. The van der Waals surface area contributed by atoms with Gasteiger partial charge in [-0.2, -0.15) is 16.8 Å². The van der Waals surface area contributed by atoms with Crippen molar-refractivity contribution in [3.8, 4) is 0 Å². The van der Waals surface area contributed by atoms with Crippen LogP contribution in [0.25, 0.3) is 0 Å². The molecule has 2 fully saturated rings. The Morgan fingerprint density at radius 3 is 1.46 bits per heavy atom. The summed E-state index contributed by atoms with van der Waals surface area (Å²) in [5.41, 5.74) is 0. The zero-order chi connectivity index (χ0) is 18.3. The molecular formula is C12H18O10S2. The molecule has 2 aliphatic rings. The van der Waals surface area contributed by atoms with Crippen molar-refractivity contribution in [2.75, 3.05) is 13.2 Å². The molecular weight excluding hydrogens is 368 g/mol. The van der Waals surface area contributed by atoms with E-state index in [1.165, 1.54) is 20.8 Å². The summed E-state index contributed by atoms with van der Waals surface area (Å²) >= 11 is 0. The zero-order valence-electron chi connectivity index (χ0n) is 13.2. The van der Waals surface area contributed by atoms with Gasteiger partial charge in [0.2, 0.25) is 0 Å². The van der Waals surface area contributed by atoms with E-state index in [2.05, 4.69) is 8.37 Å². The Bertz CT molecular complexity index is 663. The minimum atomic E-state index is -3.78. The van der Waals surface area contributed by atoms with Gasteiger partial charge >= 0.3 is 11.9 Å². The van der Waals surface area contributed by atoms with Gasteiger partial charge in [0.05, 0.1) is 0 Å². The predicted octanol–water partition coefficient (Wildman–Crippen LogP) is -1.06.